The van der Waals surface area contributed by atoms with Crippen LogP contribution in [-0.4, -0.2) is 39.8 Å². The van der Waals surface area contributed by atoms with Gasteiger partial charge in [-0.3, -0.25) is 0 Å². The molecule has 1 aliphatic heterocycles. The van der Waals surface area contributed by atoms with E-state index in [1.54, 1.807) is 0 Å². The quantitative estimate of drug-likeness (QED) is 0.384. The van der Waals surface area contributed by atoms with Crippen molar-refractivity contribution in [2.45, 2.75) is 30.2 Å². The minimum Gasteiger partial charge on any atom is -0.356 e. The minimum atomic E-state index is 0.346. The lowest BCUT2D eigenvalue weighted by atomic mass is 10.1. The van der Waals surface area contributed by atoms with E-state index in [0.29, 0.717) is 10.6 Å². The third-order valence-corrected chi connectivity index (χ3v) is 5.10. The van der Waals surface area contributed by atoms with Gasteiger partial charge in [0.1, 0.15) is 11.6 Å². The van der Waals surface area contributed by atoms with E-state index in [0.717, 1.165) is 36.2 Å². The Bertz CT molecular complexity index is 416. The van der Waals surface area contributed by atoms with Gasteiger partial charge in [0, 0.05) is 29.7 Å². The van der Waals surface area contributed by atoms with E-state index in [2.05, 4.69) is 34.1 Å². The van der Waals surface area contributed by atoms with Crippen molar-refractivity contribution in [1.82, 2.24) is 9.97 Å². The number of nitrogen functional groups attached to an aromatic ring is 1. The first-order chi connectivity index (χ1) is 9.04. The number of nitrogens with two attached hydrogens (primary N) is 1. The monoisotopic (exact) mass is 299 g/mol. The number of hydrogen-bond donors (Lipinski definition) is 2. The van der Waals surface area contributed by atoms with Crippen molar-refractivity contribution in [2.75, 3.05) is 35.4 Å². The summed E-state index contributed by atoms with van der Waals surface area (Å²) in [6.45, 7) is 6.65. The zero-order chi connectivity index (χ0) is 13.9. The molecule has 1 aromatic heterocycles. The molecule has 0 bridgehead atoms. The smallest absolute Gasteiger partial charge is 0.191 e. The van der Waals surface area contributed by atoms with Crippen LogP contribution in [0.3, 0.4) is 0 Å². The number of anilines is 2. The molecule has 1 saturated heterocycles. The molecule has 0 spiro atoms. The molecular weight excluding hydrogens is 278 g/mol. The summed E-state index contributed by atoms with van der Waals surface area (Å²) >= 11 is 3.56. The largest absolute Gasteiger partial charge is 0.356 e. The fraction of sp³-hybridized carbons (Fsp3) is 0.667. The number of aromatic nitrogens is 2. The highest BCUT2D eigenvalue weighted by atomic mass is 32.2. The molecule has 0 saturated carbocycles. The van der Waals surface area contributed by atoms with E-state index >= 15 is 0 Å². The van der Waals surface area contributed by atoms with Gasteiger partial charge in [-0.1, -0.05) is 25.6 Å². The SMILES string of the molecule is CSc1nc(NN)cc(N2CCSC(C)(C)CC2)n1. The van der Waals surface area contributed by atoms with Crippen LogP contribution in [-0.2, 0) is 0 Å². The Balaban J connectivity index is 2.21. The first kappa shape index (κ1) is 14.7. The van der Waals surface area contributed by atoms with Crippen LogP contribution in [0.1, 0.15) is 20.3 Å². The van der Waals surface area contributed by atoms with Gasteiger partial charge in [0.25, 0.3) is 0 Å². The molecule has 0 atom stereocenters. The van der Waals surface area contributed by atoms with E-state index < -0.39 is 0 Å². The summed E-state index contributed by atoms with van der Waals surface area (Å²) in [5.74, 6) is 8.23. The summed E-state index contributed by atoms with van der Waals surface area (Å²) in [5.41, 5.74) is 2.62. The molecule has 7 heteroatoms. The molecule has 1 aromatic rings. The molecule has 3 N–H and O–H groups in total. The lowest BCUT2D eigenvalue weighted by Gasteiger charge is -2.23. The maximum atomic E-state index is 5.47. The van der Waals surface area contributed by atoms with Crippen LogP contribution in [0.4, 0.5) is 11.6 Å². The molecule has 5 nitrogen and oxygen atoms in total. The molecular formula is C12H21N5S2. The minimum absolute atomic E-state index is 0.346. The van der Waals surface area contributed by atoms with Crippen LogP contribution in [0.2, 0.25) is 0 Å². The van der Waals surface area contributed by atoms with Crippen LogP contribution in [0.5, 0.6) is 0 Å². The Morgan fingerprint density at radius 3 is 2.89 bits per heavy atom. The van der Waals surface area contributed by atoms with Gasteiger partial charge in [0.2, 0.25) is 0 Å². The summed E-state index contributed by atoms with van der Waals surface area (Å²) in [6.07, 6.45) is 3.13. The molecule has 1 aliphatic rings. The van der Waals surface area contributed by atoms with Crippen molar-refractivity contribution in [3.8, 4) is 0 Å². The maximum Gasteiger partial charge on any atom is 0.191 e. The number of nitrogens with one attached hydrogen (secondary N) is 1. The normalized spacial score (nSPS) is 19.1. The second-order valence-electron chi connectivity index (χ2n) is 5.09. The van der Waals surface area contributed by atoms with E-state index in [1.807, 2.05) is 24.1 Å². The van der Waals surface area contributed by atoms with Gasteiger partial charge in [0.15, 0.2) is 5.16 Å². The topological polar surface area (TPSA) is 67.1 Å². The molecule has 0 amide bonds. The van der Waals surface area contributed by atoms with Crippen molar-refractivity contribution < 1.29 is 0 Å². The van der Waals surface area contributed by atoms with E-state index in [4.69, 9.17) is 5.84 Å². The Morgan fingerprint density at radius 2 is 2.21 bits per heavy atom. The highest BCUT2D eigenvalue weighted by Crippen LogP contribution is 2.32. The van der Waals surface area contributed by atoms with Gasteiger partial charge in [-0.25, -0.2) is 15.8 Å². The highest BCUT2D eigenvalue weighted by molar-refractivity contribution is 8.00. The molecule has 2 heterocycles. The lowest BCUT2D eigenvalue weighted by Crippen LogP contribution is -2.28. The summed E-state index contributed by atoms with van der Waals surface area (Å²) in [5, 5.41) is 0.751. The fourth-order valence-electron chi connectivity index (χ4n) is 1.99. The van der Waals surface area contributed by atoms with E-state index in [-0.39, 0.29) is 0 Å². The summed E-state index contributed by atoms with van der Waals surface area (Å²) in [7, 11) is 0. The Morgan fingerprint density at radius 1 is 1.42 bits per heavy atom. The molecule has 0 aliphatic carbocycles. The van der Waals surface area contributed by atoms with E-state index in [1.165, 1.54) is 11.8 Å². The van der Waals surface area contributed by atoms with Crippen molar-refractivity contribution in [3.05, 3.63) is 6.07 Å². The Hall–Kier alpha value is -0.660. The Labute approximate surface area is 123 Å². The predicted octanol–water partition coefficient (Wildman–Crippen LogP) is 2.21. The second kappa shape index (κ2) is 6.19. The van der Waals surface area contributed by atoms with Crippen molar-refractivity contribution in [1.29, 1.82) is 0 Å². The summed E-state index contributed by atoms with van der Waals surface area (Å²) < 4.78 is 0.346. The first-order valence-corrected chi connectivity index (χ1v) is 8.54. The van der Waals surface area contributed by atoms with Crippen LogP contribution in [0, 0.1) is 0 Å². The zero-order valence-corrected chi connectivity index (χ0v) is 13.3. The number of hydrazine groups is 1. The van der Waals surface area contributed by atoms with Crippen LogP contribution >= 0.6 is 23.5 Å². The van der Waals surface area contributed by atoms with Crippen LogP contribution in [0.15, 0.2) is 11.2 Å². The third kappa shape index (κ3) is 3.90. The molecule has 19 heavy (non-hydrogen) atoms. The van der Waals surface area contributed by atoms with Gasteiger partial charge in [-0.05, 0) is 12.7 Å². The average molecular weight is 299 g/mol. The maximum absolute atomic E-state index is 5.47. The van der Waals surface area contributed by atoms with Crippen molar-refractivity contribution in [3.63, 3.8) is 0 Å². The molecule has 0 radical (unpaired) electrons. The molecule has 106 valence electrons. The first-order valence-electron chi connectivity index (χ1n) is 6.33. The molecule has 1 fully saturated rings. The van der Waals surface area contributed by atoms with Crippen LogP contribution < -0.4 is 16.2 Å². The number of hydrogen-bond acceptors (Lipinski definition) is 7. The molecule has 2 rings (SSSR count). The second-order valence-corrected chi connectivity index (χ2v) is 7.66. The third-order valence-electron chi connectivity index (χ3n) is 3.18. The number of thioether (sulfide) groups is 2. The summed E-state index contributed by atoms with van der Waals surface area (Å²) in [6, 6.07) is 1.92. The lowest BCUT2D eigenvalue weighted by molar-refractivity contribution is 0.633. The summed E-state index contributed by atoms with van der Waals surface area (Å²) in [4.78, 5) is 11.2. The van der Waals surface area contributed by atoms with Gasteiger partial charge in [0.05, 0.1) is 0 Å². The zero-order valence-electron chi connectivity index (χ0n) is 11.6. The van der Waals surface area contributed by atoms with Gasteiger partial charge in [-0.2, -0.15) is 11.8 Å². The van der Waals surface area contributed by atoms with Crippen molar-refractivity contribution in [2.24, 2.45) is 5.84 Å². The number of rotatable bonds is 3. The highest BCUT2D eigenvalue weighted by Gasteiger charge is 2.24. The molecule has 0 unspecified atom stereocenters. The Kier molecular flexibility index (Phi) is 4.81. The van der Waals surface area contributed by atoms with Gasteiger partial charge < -0.3 is 10.3 Å². The van der Waals surface area contributed by atoms with E-state index in [9.17, 15) is 0 Å². The number of nitrogens with zero attached hydrogens (tertiary/aromatic N) is 3. The fourth-order valence-corrected chi connectivity index (χ4v) is 3.46. The average Bonchev–Trinajstić information content (AvgIpc) is 2.59. The van der Waals surface area contributed by atoms with Crippen LogP contribution in [0.25, 0.3) is 0 Å². The van der Waals surface area contributed by atoms with Crippen molar-refractivity contribution >= 4 is 35.2 Å². The van der Waals surface area contributed by atoms with Gasteiger partial charge in [-0.15, -0.1) is 0 Å². The predicted molar refractivity (Wildman–Crippen MR) is 85.0 cm³/mol. The standard InChI is InChI=1S/C12H21N5S2/c1-12(2)4-5-17(6-7-19-12)10-8-9(16-13)14-11(15-10)18-3/h8H,4-7,13H2,1-3H3,(H,14,15,16). The van der Waals surface area contributed by atoms with Gasteiger partial charge >= 0.3 is 0 Å². The molecule has 0 aromatic carbocycles.